The highest BCUT2D eigenvalue weighted by Gasteiger charge is 2.40. The molecule has 178 valence electrons. The molecular weight excluding hydrogens is 440 g/mol. The second-order valence-electron chi connectivity index (χ2n) is 9.56. The number of carbonyl (C=O) groups excluding carboxylic acids is 3. The molecule has 2 saturated heterocycles. The van der Waals surface area contributed by atoms with Crippen LogP contribution in [0.25, 0.3) is 0 Å². The Bertz CT molecular complexity index is 1170. The Balaban J connectivity index is 1.26. The number of nitrogens with one attached hydrogen (secondary N) is 1. The normalized spacial score (nSPS) is 21.7. The molecule has 2 aromatic carbocycles. The summed E-state index contributed by atoms with van der Waals surface area (Å²) in [4.78, 5) is 40.3. The molecule has 3 heterocycles. The summed E-state index contributed by atoms with van der Waals surface area (Å²) in [6.07, 6.45) is 2.05. The molecule has 1 unspecified atom stereocenters. The van der Waals surface area contributed by atoms with E-state index in [2.05, 4.69) is 10.2 Å². The van der Waals surface area contributed by atoms with Gasteiger partial charge in [0.05, 0.1) is 0 Å². The van der Waals surface area contributed by atoms with E-state index in [0.29, 0.717) is 16.7 Å². The van der Waals surface area contributed by atoms with Crippen molar-refractivity contribution in [2.24, 2.45) is 0 Å². The standard InChI is InChI=1S/C26H27F2N3O3/c1-15-10-16(2-3-21(15)27)13-30-8-6-17(7-9-30)19-11-18-14-31(26(34)20(18)12-22(19)28)23-4-5-24(32)29-25(23)33/h2-3,10-12,17,23H,4-9,13-14H2,1H3,(H,29,32,33). The Labute approximate surface area is 196 Å². The minimum atomic E-state index is -0.706. The number of likely N-dealkylation sites (tertiary alicyclic amines) is 1. The molecule has 5 rings (SSSR count). The molecule has 0 radical (unpaired) electrons. The molecule has 0 aliphatic carbocycles. The molecule has 3 amide bonds. The van der Waals surface area contributed by atoms with Crippen LogP contribution >= 0.6 is 0 Å². The maximum atomic E-state index is 15.1. The second kappa shape index (κ2) is 8.91. The van der Waals surface area contributed by atoms with Crippen molar-refractivity contribution in [3.8, 4) is 0 Å². The first kappa shape index (κ1) is 22.7. The van der Waals surface area contributed by atoms with E-state index in [1.54, 1.807) is 19.1 Å². The molecule has 3 aliphatic rings. The number of imide groups is 1. The maximum Gasteiger partial charge on any atom is 0.255 e. The van der Waals surface area contributed by atoms with Gasteiger partial charge < -0.3 is 4.90 Å². The van der Waals surface area contributed by atoms with Crippen molar-refractivity contribution >= 4 is 17.7 Å². The van der Waals surface area contributed by atoms with Gasteiger partial charge in [0.15, 0.2) is 0 Å². The van der Waals surface area contributed by atoms with Crippen molar-refractivity contribution in [2.45, 2.75) is 57.7 Å². The molecule has 1 atom stereocenters. The van der Waals surface area contributed by atoms with Gasteiger partial charge in [-0.3, -0.25) is 24.6 Å². The van der Waals surface area contributed by atoms with Gasteiger partial charge in [0, 0.05) is 25.1 Å². The summed E-state index contributed by atoms with van der Waals surface area (Å²) in [5, 5.41) is 2.29. The highest BCUT2D eigenvalue weighted by atomic mass is 19.1. The van der Waals surface area contributed by atoms with Gasteiger partial charge >= 0.3 is 0 Å². The van der Waals surface area contributed by atoms with Gasteiger partial charge in [-0.2, -0.15) is 0 Å². The van der Waals surface area contributed by atoms with Crippen molar-refractivity contribution in [3.05, 3.63) is 69.8 Å². The SMILES string of the molecule is Cc1cc(CN2CCC(c3cc4c(cc3F)C(=O)N(C3CCC(=O)NC3=O)C4)CC2)ccc1F. The van der Waals surface area contributed by atoms with Crippen molar-refractivity contribution in [1.29, 1.82) is 0 Å². The molecule has 2 aromatic rings. The molecule has 6 nitrogen and oxygen atoms in total. The fourth-order valence-electron chi connectivity index (χ4n) is 5.39. The van der Waals surface area contributed by atoms with Crippen molar-refractivity contribution < 1.29 is 23.2 Å². The van der Waals surface area contributed by atoms with Gasteiger partial charge in [-0.1, -0.05) is 18.2 Å². The van der Waals surface area contributed by atoms with Gasteiger partial charge in [-0.05, 0) is 79.6 Å². The van der Waals surface area contributed by atoms with Gasteiger partial charge in [0.25, 0.3) is 5.91 Å². The number of halogens is 2. The average Bonchev–Trinajstić information content (AvgIpc) is 3.12. The van der Waals surface area contributed by atoms with Crippen molar-refractivity contribution in [3.63, 3.8) is 0 Å². The summed E-state index contributed by atoms with van der Waals surface area (Å²) in [6.45, 7) is 4.35. The van der Waals surface area contributed by atoms with Crippen LogP contribution in [0.4, 0.5) is 8.78 Å². The summed E-state index contributed by atoms with van der Waals surface area (Å²) >= 11 is 0. The average molecular weight is 468 g/mol. The zero-order chi connectivity index (χ0) is 24.0. The number of amides is 3. The first-order valence-electron chi connectivity index (χ1n) is 11.7. The van der Waals surface area contributed by atoms with Crippen LogP contribution in [0.5, 0.6) is 0 Å². The Morgan fingerprint density at radius 3 is 2.47 bits per heavy atom. The Morgan fingerprint density at radius 1 is 1.00 bits per heavy atom. The van der Waals surface area contributed by atoms with Crippen LogP contribution in [-0.2, 0) is 22.7 Å². The Morgan fingerprint density at radius 2 is 1.76 bits per heavy atom. The molecule has 8 heteroatoms. The lowest BCUT2D eigenvalue weighted by molar-refractivity contribution is -0.136. The monoisotopic (exact) mass is 467 g/mol. The number of aryl methyl sites for hydroxylation is 1. The fourth-order valence-corrected chi connectivity index (χ4v) is 5.39. The molecule has 34 heavy (non-hydrogen) atoms. The van der Waals surface area contributed by atoms with Crippen LogP contribution in [-0.4, -0.2) is 46.7 Å². The van der Waals surface area contributed by atoms with Gasteiger partial charge in [-0.15, -0.1) is 0 Å². The number of nitrogens with zero attached hydrogens (tertiary/aromatic N) is 2. The van der Waals surface area contributed by atoms with Crippen LogP contribution in [0.3, 0.4) is 0 Å². The number of carbonyl (C=O) groups is 3. The van der Waals surface area contributed by atoms with E-state index in [9.17, 15) is 18.8 Å². The summed E-state index contributed by atoms with van der Waals surface area (Å²) in [5.74, 6) is -1.70. The smallest absolute Gasteiger partial charge is 0.255 e. The molecule has 1 N–H and O–H groups in total. The molecule has 3 aliphatic heterocycles. The van der Waals surface area contributed by atoms with E-state index < -0.39 is 11.9 Å². The van der Waals surface area contributed by atoms with Crippen molar-refractivity contribution in [1.82, 2.24) is 15.1 Å². The molecule has 0 spiro atoms. The first-order valence-corrected chi connectivity index (χ1v) is 11.7. The summed E-state index contributed by atoms with van der Waals surface area (Å²) in [5.41, 5.74) is 3.35. The quantitative estimate of drug-likeness (QED) is 0.700. The number of fused-ring (bicyclic) bond motifs is 1. The highest BCUT2D eigenvalue weighted by molar-refractivity contribution is 6.05. The third-order valence-electron chi connectivity index (χ3n) is 7.30. The minimum absolute atomic E-state index is 0.0521. The van der Waals surface area contributed by atoms with Gasteiger partial charge in [-0.25, -0.2) is 8.78 Å². The lowest BCUT2D eigenvalue weighted by Crippen LogP contribution is -2.52. The molecular formula is C26H27F2N3O3. The number of hydrogen-bond donors (Lipinski definition) is 1. The summed E-state index contributed by atoms with van der Waals surface area (Å²) < 4.78 is 28.6. The van der Waals surface area contributed by atoms with E-state index in [4.69, 9.17) is 0 Å². The third-order valence-corrected chi connectivity index (χ3v) is 7.30. The second-order valence-corrected chi connectivity index (χ2v) is 9.56. The van der Waals surface area contributed by atoms with E-state index >= 15 is 4.39 Å². The van der Waals surface area contributed by atoms with Crippen LogP contribution in [0.15, 0.2) is 30.3 Å². The number of piperidine rings is 2. The third kappa shape index (κ3) is 4.22. The fraction of sp³-hybridized carbons (Fsp3) is 0.423. The molecule has 0 aromatic heterocycles. The van der Waals surface area contributed by atoms with Crippen molar-refractivity contribution in [2.75, 3.05) is 13.1 Å². The van der Waals surface area contributed by atoms with Crippen LogP contribution in [0, 0.1) is 18.6 Å². The predicted molar refractivity (Wildman–Crippen MR) is 121 cm³/mol. The van der Waals surface area contributed by atoms with E-state index in [1.807, 2.05) is 6.07 Å². The Kier molecular flexibility index (Phi) is 5.93. The van der Waals surface area contributed by atoms with Crippen LogP contribution < -0.4 is 5.32 Å². The van der Waals surface area contributed by atoms with E-state index in [-0.39, 0.29) is 48.8 Å². The predicted octanol–water partition coefficient (Wildman–Crippen LogP) is 3.41. The van der Waals surface area contributed by atoms with Gasteiger partial charge in [0.2, 0.25) is 11.8 Å². The van der Waals surface area contributed by atoms with Crippen LogP contribution in [0.2, 0.25) is 0 Å². The first-order chi connectivity index (χ1) is 16.3. The zero-order valence-corrected chi connectivity index (χ0v) is 19.1. The largest absolute Gasteiger partial charge is 0.322 e. The van der Waals surface area contributed by atoms with Crippen LogP contribution in [0.1, 0.15) is 64.2 Å². The van der Waals surface area contributed by atoms with E-state index in [0.717, 1.165) is 43.6 Å². The highest BCUT2D eigenvalue weighted by Crippen LogP contribution is 2.35. The number of benzene rings is 2. The maximum absolute atomic E-state index is 15.1. The zero-order valence-electron chi connectivity index (χ0n) is 19.1. The topological polar surface area (TPSA) is 69.7 Å². The molecule has 2 fully saturated rings. The number of rotatable bonds is 4. The minimum Gasteiger partial charge on any atom is -0.322 e. The summed E-state index contributed by atoms with van der Waals surface area (Å²) in [6, 6.07) is 7.57. The number of hydrogen-bond acceptors (Lipinski definition) is 4. The lowest BCUT2D eigenvalue weighted by atomic mass is 9.87. The lowest BCUT2D eigenvalue weighted by Gasteiger charge is -2.32. The molecule has 0 saturated carbocycles. The van der Waals surface area contributed by atoms with E-state index in [1.165, 1.54) is 17.0 Å². The van der Waals surface area contributed by atoms with Gasteiger partial charge in [0.1, 0.15) is 17.7 Å². The molecule has 0 bridgehead atoms. The Hall–Kier alpha value is -3.13. The summed E-state index contributed by atoms with van der Waals surface area (Å²) in [7, 11) is 0.